The number of furan rings is 1. The van der Waals surface area contributed by atoms with E-state index in [2.05, 4.69) is 12.2 Å². The Kier molecular flexibility index (Phi) is 5.52. The molecule has 1 N–H and O–H groups in total. The first kappa shape index (κ1) is 17.9. The molecular weight excluding hydrogens is 331 g/mol. The molecule has 0 aliphatic heterocycles. The molecule has 0 unspecified atom stereocenters. The van der Waals surface area contributed by atoms with E-state index >= 15 is 0 Å². The van der Waals surface area contributed by atoms with Crippen molar-refractivity contribution in [3.8, 4) is 17.4 Å². The van der Waals surface area contributed by atoms with Gasteiger partial charge in [-0.2, -0.15) is 5.26 Å². The van der Waals surface area contributed by atoms with Crippen molar-refractivity contribution in [2.75, 3.05) is 0 Å². The third kappa shape index (κ3) is 4.20. The zero-order valence-electron chi connectivity index (χ0n) is 14.7. The highest BCUT2D eigenvalue weighted by Crippen LogP contribution is 2.25. The van der Waals surface area contributed by atoms with Crippen LogP contribution >= 0.6 is 0 Å². The van der Waals surface area contributed by atoms with E-state index < -0.39 is 0 Å². The number of halogens is 1. The maximum Gasteiger partial charge on any atom is 0.262 e. The number of hydrogen-bond acceptors (Lipinski definition) is 3. The first-order chi connectivity index (χ1) is 12.6. The molecule has 1 fully saturated rings. The molecule has 0 bridgehead atoms. The maximum absolute atomic E-state index is 13.0. The summed E-state index contributed by atoms with van der Waals surface area (Å²) in [4.78, 5) is 12.4. The van der Waals surface area contributed by atoms with Crippen LogP contribution in [0.2, 0.25) is 0 Å². The van der Waals surface area contributed by atoms with Gasteiger partial charge in [0.1, 0.15) is 29.0 Å². The van der Waals surface area contributed by atoms with Crippen molar-refractivity contribution in [3.05, 3.63) is 53.5 Å². The second-order valence-electron chi connectivity index (χ2n) is 6.72. The lowest BCUT2D eigenvalue weighted by atomic mass is 9.86. The van der Waals surface area contributed by atoms with Gasteiger partial charge in [-0.1, -0.05) is 19.8 Å². The second-order valence-corrected chi connectivity index (χ2v) is 6.72. The number of nitrogens with zero attached hydrogens (tertiary/aromatic N) is 1. The molecule has 3 rings (SSSR count). The molecule has 4 nitrogen and oxygen atoms in total. The number of nitrogens with one attached hydrogen (secondary N) is 1. The van der Waals surface area contributed by atoms with Gasteiger partial charge >= 0.3 is 0 Å². The highest BCUT2D eigenvalue weighted by molar-refractivity contribution is 6.01. The van der Waals surface area contributed by atoms with Gasteiger partial charge in [0.25, 0.3) is 5.91 Å². The standard InChI is InChI=1S/C21H21FN2O2/c1-14-4-2-3-5-19(14)24-21(25)16(13-23)12-18-10-11-20(26-18)15-6-8-17(22)9-7-15/h6-12,14,19H,2-5H2,1H3,(H,24,25)/b16-12+/t14-,19+/m0/s1. The Morgan fingerprint density at radius 1 is 1.23 bits per heavy atom. The minimum Gasteiger partial charge on any atom is -0.457 e. The largest absolute Gasteiger partial charge is 0.457 e. The number of amides is 1. The lowest BCUT2D eigenvalue weighted by Crippen LogP contribution is -2.41. The molecule has 1 heterocycles. The quantitative estimate of drug-likeness (QED) is 0.641. The molecule has 0 radical (unpaired) electrons. The third-order valence-corrected chi connectivity index (χ3v) is 4.84. The van der Waals surface area contributed by atoms with Crippen molar-refractivity contribution in [2.24, 2.45) is 5.92 Å². The summed E-state index contributed by atoms with van der Waals surface area (Å²) >= 11 is 0. The zero-order valence-corrected chi connectivity index (χ0v) is 14.7. The van der Waals surface area contributed by atoms with Crippen molar-refractivity contribution in [1.29, 1.82) is 5.26 Å². The number of carbonyl (C=O) groups is 1. The Hall–Kier alpha value is -2.87. The normalized spacial score (nSPS) is 20.4. The van der Waals surface area contributed by atoms with Gasteiger partial charge in [0, 0.05) is 17.7 Å². The molecule has 26 heavy (non-hydrogen) atoms. The van der Waals surface area contributed by atoms with Crippen LogP contribution in [0.25, 0.3) is 17.4 Å². The van der Waals surface area contributed by atoms with Gasteiger partial charge < -0.3 is 9.73 Å². The summed E-state index contributed by atoms with van der Waals surface area (Å²) in [6, 6.07) is 11.4. The van der Waals surface area contributed by atoms with Gasteiger partial charge in [0.2, 0.25) is 0 Å². The summed E-state index contributed by atoms with van der Waals surface area (Å²) in [6.45, 7) is 2.13. The first-order valence-electron chi connectivity index (χ1n) is 8.85. The van der Waals surface area contributed by atoms with E-state index in [9.17, 15) is 14.4 Å². The molecule has 1 aromatic heterocycles. The van der Waals surface area contributed by atoms with Crippen LogP contribution < -0.4 is 5.32 Å². The summed E-state index contributed by atoms with van der Waals surface area (Å²) < 4.78 is 18.7. The van der Waals surface area contributed by atoms with E-state index in [0.717, 1.165) is 24.8 Å². The Bertz CT molecular complexity index is 846. The number of carbonyl (C=O) groups excluding carboxylic acids is 1. The highest BCUT2D eigenvalue weighted by atomic mass is 19.1. The smallest absolute Gasteiger partial charge is 0.262 e. The minimum absolute atomic E-state index is 0.0165. The minimum atomic E-state index is -0.369. The fourth-order valence-corrected chi connectivity index (χ4v) is 3.27. The Balaban J connectivity index is 1.73. The molecule has 0 spiro atoms. The number of rotatable bonds is 4. The SMILES string of the molecule is C[C@H]1CCCC[C@H]1NC(=O)/C(C#N)=C/c1ccc(-c2ccc(F)cc2)o1. The second kappa shape index (κ2) is 8.01. The lowest BCUT2D eigenvalue weighted by Gasteiger charge is -2.29. The maximum atomic E-state index is 13.0. The average Bonchev–Trinajstić information content (AvgIpc) is 3.10. The van der Waals surface area contributed by atoms with Crippen LogP contribution in [0.3, 0.4) is 0 Å². The van der Waals surface area contributed by atoms with Gasteiger partial charge in [0.05, 0.1) is 0 Å². The lowest BCUT2D eigenvalue weighted by molar-refractivity contribution is -0.118. The topological polar surface area (TPSA) is 66.0 Å². The van der Waals surface area contributed by atoms with Crippen molar-refractivity contribution in [1.82, 2.24) is 5.32 Å². The Morgan fingerprint density at radius 3 is 2.65 bits per heavy atom. The van der Waals surface area contributed by atoms with E-state index in [4.69, 9.17) is 4.42 Å². The van der Waals surface area contributed by atoms with E-state index in [1.807, 2.05) is 6.07 Å². The highest BCUT2D eigenvalue weighted by Gasteiger charge is 2.24. The Morgan fingerprint density at radius 2 is 1.96 bits per heavy atom. The molecule has 1 amide bonds. The monoisotopic (exact) mass is 352 g/mol. The molecule has 1 aliphatic rings. The van der Waals surface area contributed by atoms with Crippen molar-refractivity contribution in [2.45, 2.75) is 38.6 Å². The van der Waals surface area contributed by atoms with Crippen LogP contribution in [0, 0.1) is 23.1 Å². The Labute approximate surface area is 152 Å². The van der Waals surface area contributed by atoms with Crippen LogP contribution in [0.5, 0.6) is 0 Å². The van der Waals surface area contributed by atoms with Gasteiger partial charge in [-0.25, -0.2) is 4.39 Å². The third-order valence-electron chi connectivity index (χ3n) is 4.84. The predicted molar refractivity (Wildman–Crippen MR) is 97.3 cm³/mol. The summed E-state index contributed by atoms with van der Waals surface area (Å²) in [5.41, 5.74) is 0.743. The summed E-state index contributed by atoms with van der Waals surface area (Å²) in [6.07, 6.45) is 5.76. The molecule has 5 heteroatoms. The molecule has 0 saturated heterocycles. The molecule has 134 valence electrons. The number of benzene rings is 1. The molecule has 2 aromatic rings. The van der Waals surface area contributed by atoms with Crippen LogP contribution in [0.4, 0.5) is 4.39 Å². The summed E-state index contributed by atoms with van der Waals surface area (Å²) in [5, 5.41) is 12.3. The molecule has 1 saturated carbocycles. The number of hydrogen-bond donors (Lipinski definition) is 1. The predicted octanol–water partition coefficient (Wildman–Crippen LogP) is 4.69. The molecule has 1 aliphatic carbocycles. The number of nitriles is 1. The fourth-order valence-electron chi connectivity index (χ4n) is 3.27. The van der Waals surface area contributed by atoms with Crippen molar-refractivity contribution >= 4 is 12.0 Å². The van der Waals surface area contributed by atoms with E-state index in [0.29, 0.717) is 17.4 Å². The van der Waals surface area contributed by atoms with Gasteiger partial charge in [-0.3, -0.25) is 4.79 Å². The zero-order chi connectivity index (χ0) is 18.5. The van der Waals surface area contributed by atoms with Gasteiger partial charge in [0.15, 0.2) is 0 Å². The van der Waals surface area contributed by atoms with Gasteiger partial charge in [-0.05, 0) is 55.2 Å². The first-order valence-corrected chi connectivity index (χ1v) is 8.85. The van der Waals surface area contributed by atoms with E-state index in [1.165, 1.54) is 24.6 Å². The van der Waals surface area contributed by atoms with Crippen LogP contribution in [0.15, 0.2) is 46.4 Å². The van der Waals surface area contributed by atoms with E-state index in [1.54, 1.807) is 24.3 Å². The van der Waals surface area contributed by atoms with E-state index in [-0.39, 0.29) is 23.3 Å². The molecular formula is C21H21FN2O2. The van der Waals surface area contributed by atoms with Crippen molar-refractivity contribution in [3.63, 3.8) is 0 Å². The molecule has 1 aromatic carbocycles. The summed E-state index contributed by atoms with van der Waals surface area (Å²) in [7, 11) is 0. The van der Waals surface area contributed by atoms with Gasteiger partial charge in [-0.15, -0.1) is 0 Å². The average molecular weight is 352 g/mol. The summed E-state index contributed by atoms with van der Waals surface area (Å²) in [5.74, 6) is 0.690. The van der Waals surface area contributed by atoms with Crippen molar-refractivity contribution < 1.29 is 13.6 Å². The fraction of sp³-hybridized carbons (Fsp3) is 0.333. The molecule has 2 atom stereocenters. The van der Waals surface area contributed by atoms with Crippen LogP contribution in [-0.2, 0) is 4.79 Å². The van der Waals surface area contributed by atoms with Crippen LogP contribution in [-0.4, -0.2) is 11.9 Å². The van der Waals surface area contributed by atoms with Crippen LogP contribution in [0.1, 0.15) is 38.4 Å².